The van der Waals surface area contributed by atoms with Gasteiger partial charge in [-0.2, -0.15) is 0 Å². The number of rotatable bonds is 6. The van der Waals surface area contributed by atoms with Crippen LogP contribution < -0.4 is 10.1 Å². The Morgan fingerprint density at radius 3 is 2.61 bits per heavy atom. The van der Waals surface area contributed by atoms with Gasteiger partial charge in [-0.05, 0) is 29.3 Å². The predicted octanol–water partition coefficient (Wildman–Crippen LogP) is 3.67. The topological polar surface area (TPSA) is 84.9 Å². The van der Waals surface area contributed by atoms with Gasteiger partial charge in [0.25, 0.3) is 5.91 Å². The normalized spacial score (nSPS) is 14.8. The molecule has 3 rings (SSSR count). The van der Waals surface area contributed by atoms with E-state index in [4.69, 9.17) is 9.84 Å². The fourth-order valence-electron chi connectivity index (χ4n) is 2.82. The number of ether oxygens (including phenoxy) is 2. The average molecular weight is 415 g/mol. The Bertz CT molecular complexity index is 840. The van der Waals surface area contributed by atoms with Crippen molar-refractivity contribution in [1.29, 1.82) is 0 Å². The van der Waals surface area contributed by atoms with Crippen LogP contribution in [0.4, 0.5) is 13.2 Å². The van der Waals surface area contributed by atoms with E-state index >= 15 is 0 Å². The van der Waals surface area contributed by atoms with Gasteiger partial charge in [-0.3, -0.25) is 9.59 Å². The highest BCUT2D eigenvalue weighted by molar-refractivity contribution is 7.14. The van der Waals surface area contributed by atoms with Crippen molar-refractivity contribution in [2.45, 2.75) is 31.9 Å². The number of nitrogens with one attached hydrogen (secondary N) is 1. The van der Waals surface area contributed by atoms with Gasteiger partial charge in [0.05, 0.1) is 30.6 Å². The molecule has 0 saturated carbocycles. The van der Waals surface area contributed by atoms with Crippen LogP contribution in [0.5, 0.6) is 5.75 Å². The second kappa shape index (κ2) is 8.19. The number of carbonyl (C=O) groups excluding carboxylic acids is 1. The SMILES string of the molecule is O=C(O)CC(NC(=O)c1cc2c(s1)CCOC2)c1ccc(OC(F)(F)F)cc1. The van der Waals surface area contributed by atoms with E-state index in [-0.39, 0.29) is 0 Å². The number of hydrogen-bond donors (Lipinski definition) is 2. The Labute approximate surface area is 161 Å². The van der Waals surface area contributed by atoms with Gasteiger partial charge < -0.3 is 19.9 Å². The fourth-order valence-corrected chi connectivity index (χ4v) is 3.87. The average Bonchev–Trinajstić information content (AvgIpc) is 3.04. The van der Waals surface area contributed by atoms with E-state index < -0.39 is 36.5 Å². The van der Waals surface area contributed by atoms with Gasteiger partial charge in [0.15, 0.2) is 0 Å². The lowest BCUT2D eigenvalue weighted by molar-refractivity contribution is -0.274. The fraction of sp³-hybridized carbons (Fsp3) is 0.333. The van der Waals surface area contributed by atoms with Gasteiger partial charge in [0.1, 0.15) is 5.75 Å². The number of carbonyl (C=O) groups is 2. The van der Waals surface area contributed by atoms with Crippen LogP contribution in [0.25, 0.3) is 0 Å². The second-order valence-electron chi connectivity index (χ2n) is 6.10. The summed E-state index contributed by atoms with van der Waals surface area (Å²) in [6.07, 6.45) is -4.52. The molecule has 10 heteroatoms. The van der Waals surface area contributed by atoms with Gasteiger partial charge >= 0.3 is 12.3 Å². The number of carboxylic acid groups (broad SMARTS) is 1. The number of aliphatic carboxylic acids is 1. The summed E-state index contributed by atoms with van der Waals surface area (Å²) in [5.74, 6) is -2.02. The van der Waals surface area contributed by atoms with Crippen molar-refractivity contribution in [3.8, 4) is 5.75 Å². The summed E-state index contributed by atoms with van der Waals surface area (Å²) in [6.45, 7) is 1.01. The quantitative estimate of drug-likeness (QED) is 0.752. The molecule has 1 aromatic heterocycles. The van der Waals surface area contributed by atoms with E-state index in [0.717, 1.165) is 22.6 Å². The molecular weight excluding hydrogens is 399 g/mol. The van der Waals surface area contributed by atoms with Gasteiger partial charge in [-0.1, -0.05) is 12.1 Å². The summed E-state index contributed by atoms with van der Waals surface area (Å²) in [4.78, 5) is 25.2. The first kappa shape index (κ1) is 20.2. The zero-order valence-electron chi connectivity index (χ0n) is 14.4. The third-order valence-electron chi connectivity index (χ3n) is 4.05. The molecule has 0 aliphatic carbocycles. The van der Waals surface area contributed by atoms with E-state index in [1.165, 1.54) is 23.5 Å². The van der Waals surface area contributed by atoms with Gasteiger partial charge in [-0.15, -0.1) is 24.5 Å². The minimum absolute atomic E-state index is 0.356. The van der Waals surface area contributed by atoms with Gasteiger partial charge in [0.2, 0.25) is 0 Å². The van der Waals surface area contributed by atoms with Crippen LogP contribution in [0.1, 0.15) is 38.1 Å². The molecule has 0 spiro atoms. The van der Waals surface area contributed by atoms with Crippen molar-refractivity contribution in [2.75, 3.05) is 6.61 Å². The number of alkyl halides is 3. The number of hydrogen-bond acceptors (Lipinski definition) is 5. The first-order chi connectivity index (χ1) is 13.2. The van der Waals surface area contributed by atoms with Crippen molar-refractivity contribution in [3.05, 3.63) is 51.2 Å². The Morgan fingerprint density at radius 2 is 2.00 bits per heavy atom. The summed E-state index contributed by atoms with van der Waals surface area (Å²) >= 11 is 1.32. The molecule has 1 aromatic carbocycles. The lowest BCUT2D eigenvalue weighted by atomic mass is 10.0. The monoisotopic (exact) mass is 415 g/mol. The van der Waals surface area contributed by atoms with Crippen molar-refractivity contribution in [1.82, 2.24) is 5.32 Å². The zero-order chi connectivity index (χ0) is 20.3. The van der Waals surface area contributed by atoms with Crippen molar-refractivity contribution in [3.63, 3.8) is 0 Å². The van der Waals surface area contributed by atoms with Crippen molar-refractivity contribution < 1.29 is 37.3 Å². The molecule has 1 aliphatic heterocycles. The Hall–Kier alpha value is -2.59. The molecule has 0 fully saturated rings. The zero-order valence-corrected chi connectivity index (χ0v) is 15.2. The lowest BCUT2D eigenvalue weighted by Gasteiger charge is -2.18. The van der Waals surface area contributed by atoms with Crippen LogP contribution in [0.2, 0.25) is 0 Å². The van der Waals surface area contributed by atoms with E-state index in [1.807, 2.05) is 0 Å². The number of halogens is 3. The maximum atomic E-state index is 12.6. The molecule has 1 unspecified atom stereocenters. The van der Waals surface area contributed by atoms with E-state index in [1.54, 1.807) is 6.07 Å². The van der Waals surface area contributed by atoms with Gasteiger partial charge in [-0.25, -0.2) is 0 Å². The van der Waals surface area contributed by atoms with E-state index in [0.29, 0.717) is 30.1 Å². The van der Waals surface area contributed by atoms with E-state index in [9.17, 15) is 22.8 Å². The smallest absolute Gasteiger partial charge is 0.481 e. The first-order valence-corrected chi connectivity index (χ1v) is 9.10. The predicted molar refractivity (Wildman–Crippen MR) is 93.3 cm³/mol. The molecular formula is C18H16F3NO5S. The van der Waals surface area contributed by atoms with Crippen LogP contribution in [0.15, 0.2) is 30.3 Å². The second-order valence-corrected chi connectivity index (χ2v) is 7.24. The standard InChI is InChI=1S/C18H16F3NO5S/c19-18(20,21)27-12-3-1-10(2-4-12)13(8-16(23)24)22-17(25)15-7-11-9-26-6-5-14(11)28-15/h1-4,7,13H,5-6,8-9H2,(H,22,25)(H,23,24). The molecule has 150 valence electrons. The molecule has 1 amide bonds. The van der Waals surface area contributed by atoms with Gasteiger partial charge in [0, 0.05) is 11.3 Å². The first-order valence-electron chi connectivity index (χ1n) is 8.29. The summed E-state index contributed by atoms with van der Waals surface area (Å²) in [5.41, 5.74) is 1.29. The summed E-state index contributed by atoms with van der Waals surface area (Å²) < 4.78 is 45.9. The molecule has 1 aliphatic rings. The molecule has 0 radical (unpaired) electrons. The van der Waals surface area contributed by atoms with E-state index in [2.05, 4.69) is 10.1 Å². The highest BCUT2D eigenvalue weighted by Crippen LogP contribution is 2.29. The van der Waals surface area contributed by atoms with Crippen LogP contribution in [-0.4, -0.2) is 30.0 Å². The molecule has 2 aromatic rings. The highest BCUT2D eigenvalue weighted by Gasteiger charge is 2.31. The maximum Gasteiger partial charge on any atom is 0.573 e. The number of fused-ring (bicyclic) bond motifs is 1. The Balaban J connectivity index is 1.75. The Kier molecular flexibility index (Phi) is 5.90. The molecule has 28 heavy (non-hydrogen) atoms. The maximum absolute atomic E-state index is 12.6. The molecule has 6 nitrogen and oxygen atoms in total. The molecule has 1 atom stereocenters. The number of benzene rings is 1. The Morgan fingerprint density at radius 1 is 1.29 bits per heavy atom. The molecule has 0 bridgehead atoms. The largest absolute Gasteiger partial charge is 0.573 e. The van der Waals surface area contributed by atoms with Crippen LogP contribution in [0, 0.1) is 0 Å². The summed E-state index contributed by atoms with van der Waals surface area (Å²) in [7, 11) is 0. The minimum atomic E-state index is -4.82. The third kappa shape index (κ3) is 5.23. The summed E-state index contributed by atoms with van der Waals surface area (Å²) in [6, 6.07) is 5.55. The van der Waals surface area contributed by atoms with Crippen LogP contribution in [-0.2, 0) is 22.6 Å². The lowest BCUT2D eigenvalue weighted by Crippen LogP contribution is -2.29. The van der Waals surface area contributed by atoms with Crippen molar-refractivity contribution in [2.24, 2.45) is 0 Å². The number of amides is 1. The molecule has 0 saturated heterocycles. The molecule has 2 heterocycles. The third-order valence-corrected chi connectivity index (χ3v) is 5.29. The van der Waals surface area contributed by atoms with Crippen LogP contribution >= 0.6 is 11.3 Å². The summed E-state index contributed by atoms with van der Waals surface area (Å²) in [5, 5.41) is 11.8. The number of thiophene rings is 1. The molecule has 2 N–H and O–H groups in total. The van der Waals surface area contributed by atoms with Crippen LogP contribution in [0.3, 0.4) is 0 Å². The van der Waals surface area contributed by atoms with Crippen molar-refractivity contribution >= 4 is 23.2 Å². The highest BCUT2D eigenvalue weighted by atomic mass is 32.1. The minimum Gasteiger partial charge on any atom is -0.481 e. The number of carboxylic acids is 1.